The number of nitrogens with one attached hydrogen (secondary N) is 5. The second kappa shape index (κ2) is 29.4. The fourth-order valence-electron chi connectivity index (χ4n) is 12.3. The first-order valence-corrected chi connectivity index (χ1v) is 28.7. The van der Waals surface area contributed by atoms with Crippen LogP contribution in [0.4, 0.5) is 18.4 Å². The number of ether oxygens (including phenoxy) is 2. The van der Waals surface area contributed by atoms with Gasteiger partial charge in [0, 0.05) is 95.8 Å². The molecule has 0 spiro atoms. The lowest BCUT2D eigenvalue weighted by molar-refractivity contribution is -0.166. The summed E-state index contributed by atoms with van der Waals surface area (Å²) < 4.78 is 40.0. The van der Waals surface area contributed by atoms with E-state index in [4.69, 9.17) is 9.47 Å². The molecule has 4 aliphatic rings. The molecule has 8 rings (SSSR count). The lowest BCUT2D eigenvalue weighted by Gasteiger charge is -2.46. The number of amides is 6. The van der Waals surface area contributed by atoms with Gasteiger partial charge in [0.25, 0.3) is 0 Å². The van der Waals surface area contributed by atoms with Crippen molar-refractivity contribution in [2.75, 3.05) is 52.5 Å². The molecule has 0 unspecified atom stereocenters. The second-order valence-electron chi connectivity index (χ2n) is 21.7. The van der Waals surface area contributed by atoms with Crippen molar-refractivity contribution in [3.8, 4) is 0 Å². The van der Waals surface area contributed by atoms with E-state index < -0.39 is 35.0 Å². The number of aryl methyl sites for hydroxylation is 1. The van der Waals surface area contributed by atoms with Gasteiger partial charge in [0.05, 0.1) is 36.7 Å². The molecule has 0 radical (unpaired) electrons. The van der Waals surface area contributed by atoms with E-state index in [1.807, 2.05) is 25.5 Å². The Morgan fingerprint density at radius 1 is 0.620 bits per heavy atom. The van der Waals surface area contributed by atoms with Crippen molar-refractivity contribution in [2.45, 2.75) is 142 Å². The molecular formula is C59H82F2N10O8. The van der Waals surface area contributed by atoms with E-state index in [9.17, 15) is 37.5 Å². The molecule has 2 saturated heterocycles. The normalized spacial score (nSPS) is 18.2. The highest BCUT2D eigenvalue weighted by molar-refractivity contribution is 5.89. The third-order valence-corrected chi connectivity index (χ3v) is 16.8. The molecule has 430 valence electrons. The quantitative estimate of drug-likeness (QED) is 0.0548. The molecule has 6 amide bonds. The van der Waals surface area contributed by atoms with E-state index in [0.29, 0.717) is 91.0 Å². The number of H-pyrrole nitrogens is 1. The van der Waals surface area contributed by atoms with Crippen LogP contribution in [-0.2, 0) is 61.4 Å². The number of nitrogens with zero attached hydrogens (tertiary/aromatic N) is 5. The summed E-state index contributed by atoms with van der Waals surface area (Å²) in [4.78, 5) is 94.1. The van der Waals surface area contributed by atoms with Gasteiger partial charge in [-0.25, -0.2) is 28.3 Å². The average Bonchev–Trinajstić information content (AvgIpc) is 4.24. The summed E-state index contributed by atoms with van der Waals surface area (Å²) in [5.74, 6) is -0.852. The number of imidazole rings is 2. The van der Waals surface area contributed by atoms with Crippen molar-refractivity contribution < 1.29 is 47.0 Å². The number of hydrogen-bond acceptors (Lipinski definition) is 10. The van der Waals surface area contributed by atoms with Gasteiger partial charge in [-0.3, -0.25) is 19.2 Å². The molecular weight excluding hydrogens is 1010 g/mol. The topological polar surface area (TPSA) is 222 Å². The highest BCUT2D eigenvalue weighted by atomic mass is 19.1. The van der Waals surface area contributed by atoms with Crippen LogP contribution in [0.15, 0.2) is 73.6 Å². The number of carbonyl (C=O) groups is 6. The maximum absolute atomic E-state index is 13.8. The van der Waals surface area contributed by atoms with Crippen LogP contribution in [0.3, 0.4) is 0 Å². The van der Waals surface area contributed by atoms with Crippen molar-refractivity contribution >= 4 is 35.8 Å². The Balaban J connectivity index is 0.000000229. The van der Waals surface area contributed by atoms with Gasteiger partial charge in [0.1, 0.15) is 23.7 Å². The first-order chi connectivity index (χ1) is 38.2. The SMILES string of the molecule is CCOC(=O)C1(C2CCCCC2)CCN(C(=O)[C@@H](Cc2ccc(F)cc2)NC(=O)NCCc2cnc[nH]2)CC1.CCOC(=O)C1(C2CCCCC2)CCN(C(=O)[C@@H](Cc2ccc(F)cc2)NC(=O)NCCc2cncn2C)CC1. The average molecular weight is 1100 g/mol. The van der Waals surface area contributed by atoms with Gasteiger partial charge in [-0.15, -0.1) is 0 Å². The summed E-state index contributed by atoms with van der Waals surface area (Å²) in [6.07, 6.45) is 21.5. The molecule has 2 aromatic heterocycles. The lowest BCUT2D eigenvalue weighted by atomic mass is 9.63. The maximum Gasteiger partial charge on any atom is 0.315 e. The molecule has 18 nitrogen and oxygen atoms in total. The number of likely N-dealkylation sites (tertiary alicyclic amines) is 2. The van der Waals surface area contributed by atoms with Crippen LogP contribution in [0.25, 0.3) is 0 Å². The smallest absolute Gasteiger partial charge is 0.315 e. The van der Waals surface area contributed by atoms with Crippen molar-refractivity contribution in [2.24, 2.45) is 29.7 Å². The zero-order chi connectivity index (χ0) is 56.2. The fourth-order valence-corrected chi connectivity index (χ4v) is 12.3. The van der Waals surface area contributed by atoms with Gasteiger partial charge < -0.3 is 50.1 Å². The van der Waals surface area contributed by atoms with Crippen LogP contribution in [0.5, 0.6) is 0 Å². The molecule has 2 saturated carbocycles. The molecule has 4 fully saturated rings. The van der Waals surface area contributed by atoms with E-state index in [0.717, 1.165) is 73.9 Å². The summed E-state index contributed by atoms with van der Waals surface area (Å²) in [5.41, 5.74) is 2.25. The maximum atomic E-state index is 13.8. The van der Waals surface area contributed by atoms with E-state index in [1.54, 1.807) is 59.1 Å². The number of rotatable bonds is 20. The zero-order valence-corrected chi connectivity index (χ0v) is 46.4. The van der Waals surface area contributed by atoms with E-state index >= 15 is 0 Å². The summed E-state index contributed by atoms with van der Waals surface area (Å²) in [6, 6.07) is 9.35. The van der Waals surface area contributed by atoms with Crippen LogP contribution in [0.1, 0.15) is 126 Å². The monoisotopic (exact) mass is 1100 g/mol. The molecule has 2 aliphatic heterocycles. The predicted molar refractivity (Wildman–Crippen MR) is 293 cm³/mol. The van der Waals surface area contributed by atoms with Crippen LogP contribution >= 0.6 is 0 Å². The number of hydrogen-bond donors (Lipinski definition) is 5. The Morgan fingerprint density at radius 3 is 1.43 bits per heavy atom. The van der Waals surface area contributed by atoms with Gasteiger partial charge in [-0.2, -0.15) is 0 Å². The summed E-state index contributed by atoms with van der Waals surface area (Å²) in [5, 5.41) is 11.3. The van der Waals surface area contributed by atoms with Crippen LogP contribution in [0.2, 0.25) is 0 Å². The van der Waals surface area contributed by atoms with Crippen LogP contribution in [-0.4, -0.2) is 130 Å². The van der Waals surface area contributed by atoms with Gasteiger partial charge in [-0.1, -0.05) is 62.8 Å². The molecule has 4 aromatic rings. The highest BCUT2D eigenvalue weighted by Crippen LogP contribution is 2.48. The minimum Gasteiger partial charge on any atom is -0.466 e. The number of urea groups is 2. The van der Waals surface area contributed by atoms with Crippen molar-refractivity contribution in [1.82, 2.24) is 50.6 Å². The zero-order valence-electron chi connectivity index (χ0n) is 46.4. The molecule has 2 aliphatic carbocycles. The van der Waals surface area contributed by atoms with Crippen LogP contribution in [0, 0.1) is 34.3 Å². The van der Waals surface area contributed by atoms with Crippen molar-refractivity contribution in [1.29, 1.82) is 0 Å². The number of aromatic amines is 1. The first kappa shape index (κ1) is 59.8. The molecule has 0 bridgehead atoms. The molecule has 4 heterocycles. The number of piperidine rings is 2. The minimum absolute atomic E-state index is 0.136. The van der Waals surface area contributed by atoms with Crippen LogP contribution < -0.4 is 21.3 Å². The van der Waals surface area contributed by atoms with E-state index in [2.05, 4.69) is 36.2 Å². The minimum atomic E-state index is -0.827. The third-order valence-electron chi connectivity index (χ3n) is 16.8. The standard InChI is InChI=1S/C30H42FN5O4.C29H40FN5O4/c1-3-40-28(38)30(23-7-5-4-6-8-23)14-17-36(18-15-30)27(37)26(19-22-9-11-24(31)12-10-22)34-29(39)33-16-13-25-20-32-21-35(25)2;1-2-39-27(37)29(22-6-4-3-5-7-22)13-16-35(17-14-29)26(36)25(18-21-8-10-23(30)11-9-21)34-28(38)32-15-12-24-19-31-20-33-24/h9-12,20-21,23,26H,3-8,13-19H2,1-2H3,(H2,33,34,39);8-11,19-20,22,25H,2-7,12-18H2,1H3,(H,31,33)(H2,32,34,38)/t26-;25-/m11/s1. The molecule has 5 N–H and O–H groups in total. The second-order valence-corrected chi connectivity index (χ2v) is 21.7. The Morgan fingerprint density at radius 2 is 1.05 bits per heavy atom. The number of halogens is 2. The Kier molecular flexibility index (Phi) is 22.2. The summed E-state index contributed by atoms with van der Waals surface area (Å²) in [6.45, 7) is 6.82. The van der Waals surface area contributed by atoms with Gasteiger partial charge >= 0.3 is 24.0 Å². The Labute approximate surface area is 463 Å². The van der Waals surface area contributed by atoms with E-state index in [1.165, 1.54) is 37.1 Å². The fraction of sp³-hybridized carbons (Fsp3) is 0.593. The first-order valence-electron chi connectivity index (χ1n) is 28.7. The number of carbonyl (C=O) groups excluding carboxylic acids is 6. The van der Waals surface area contributed by atoms with Crippen molar-refractivity contribution in [3.05, 3.63) is 108 Å². The van der Waals surface area contributed by atoms with Gasteiger partial charge in [-0.05, 0) is 112 Å². The molecule has 20 heteroatoms. The Hall–Kier alpha value is -6.86. The highest BCUT2D eigenvalue weighted by Gasteiger charge is 2.51. The van der Waals surface area contributed by atoms with Gasteiger partial charge in [0.15, 0.2) is 0 Å². The van der Waals surface area contributed by atoms with E-state index in [-0.39, 0.29) is 60.1 Å². The largest absolute Gasteiger partial charge is 0.466 e. The molecule has 79 heavy (non-hydrogen) atoms. The number of aromatic nitrogens is 4. The number of benzene rings is 2. The summed E-state index contributed by atoms with van der Waals surface area (Å²) in [7, 11) is 1.89. The number of esters is 2. The summed E-state index contributed by atoms with van der Waals surface area (Å²) >= 11 is 0. The lowest BCUT2D eigenvalue weighted by Crippen LogP contribution is -2.56. The molecule has 2 aromatic carbocycles. The third kappa shape index (κ3) is 16.4. The molecule has 2 atom stereocenters. The van der Waals surface area contributed by atoms with Crippen molar-refractivity contribution in [3.63, 3.8) is 0 Å². The van der Waals surface area contributed by atoms with Gasteiger partial charge in [0.2, 0.25) is 11.8 Å². The Bertz CT molecular complexity index is 2570. The predicted octanol–water partition coefficient (Wildman–Crippen LogP) is 7.52.